The Hall–Kier alpha value is -3.79. The van der Waals surface area contributed by atoms with E-state index >= 15 is 0 Å². The van der Waals surface area contributed by atoms with Gasteiger partial charge in [0.2, 0.25) is 0 Å². The quantitative estimate of drug-likeness (QED) is 0.387. The van der Waals surface area contributed by atoms with Crippen molar-refractivity contribution in [1.29, 1.82) is 0 Å². The first-order valence-electron chi connectivity index (χ1n) is 12.7. The average Bonchev–Trinajstić information content (AvgIpc) is 3.38. The predicted octanol–water partition coefficient (Wildman–Crippen LogP) is 5.83. The second-order valence-corrected chi connectivity index (χ2v) is 11.4. The normalized spacial score (nSPS) is 17.7. The lowest BCUT2D eigenvalue weighted by Gasteiger charge is -2.25. The van der Waals surface area contributed by atoms with E-state index < -0.39 is 29.3 Å². The zero-order chi connectivity index (χ0) is 28.7. The maximum Gasteiger partial charge on any atom is 0.415 e. The van der Waals surface area contributed by atoms with E-state index in [0.29, 0.717) is 43.0 Å². The summed E-state index contributed by atoms with van der Waals surface area (Å²) in [5.74, 6) is -2.35. The second-order valence-electron chi connectivity index (χ2n) is 11.4. The molecular formula is C29H34F2N4O4. The Morgan fingerprint density at radius 2 is 1.92 bits per heavy atom. The highest BCUT2D eigenvalue weighted by molar-refractivity contribution is 5.93. The number of carbonyl (C=O) groups is 2. The zero-order valence-corrected chi connectivity index (χ0v) is 23.1. The van der Waals surface area contributed by atoms with Crippen LogP contribution in [0, 0.1) is 18.6 Å². The Morgan fingerprint density at radius 1 is 1.21 bits per heavy atom. The highest BCUT2D eigenvalue weighted by Crippen LogP contribution is 2.33. The first-order chi connectivity index (χ1) is 18.2. The third kappa shape index (κ3) is 6.11. The number of rotatable bonds is 8. The van der Waals surface area contributed by atoms with Gasteiger partial charge in [0.25, 0.3) is 0 Å². The fourth-order valence-corrected chi connectivity index (χ4v) is 4.68. The molecule has 0 aliphatic carbocycles. The molecule has 3 aromatic rings. The number of hydrogen-bond acceptors (Lipinski definition) is 5. The third-order valence-corrected chi connectivity index (χ3v) is 6.91. The molecule has 1 aliphatic heterocycles. The maximum atomic E-state index is 14.7. The van der Waals surface area contributed by atoms with Gasteiger partial charge in [-0.25, -0.2) is 18.4 Å². The Labute approximate surface area is 226 Å². The SMILES string of the molecule is Cc1cc(C(=O)O)ccc1N1CC(C)(CCN(C)Cc2cn(C(C)(C)C)nc2-c2ccc(F)cc2F)OC1=O. The first-order valence-corrected chi connectivity index (χ1v) is 12.7. The van der Waals surface area contributed by atoms with Crippen LogP contribution in [-0.4, -0.2) is 57.6 Å². The molecule has 0 saturated carbocycles. The van der Waals surface area contributed by atoms with E-state index in [1.54, 1.807) is 17.7 Å². The number of carboxylic acid groups (broad SMARTS) is 1. The number of carbonyl (C=O) groups excluding carboxylic acids is 1. The monoisotopic (exact) mass is 540 g/mol. The summed E-state index contributed by atoms with van der Waals surface area (Å²) >= 11 is 0. The van der Waals surface area contributed by atoms with Gasteiger partial charge in [0.1, 0.15) is 17.2 Å². The molecule has 1 atom stereocenters. The highest BCUT2D eigenvalue weighted by atomic mass is 19.1. The summed E-state index contributed by atoms with van der Waals surface area (Å²) < 4.78 is 35.8. The molecule has 1 amide bonds. The average molecular weight is 541 g/mol. The lowest BCUT2D eigenvalue weighted by Crippen LogP contribution is -2.35. The van der Waals surface area contributed by atoms with E-state index in [9.17, 15) is 23.5 Å². The van der Waals surface area contributed by atoms with E-state index in [2.05, 4.69) is 5.10 Å². The van der Waals surface area contributed by atoms with E-state index in [-0.39, 0.29) is 16.7 Å². The molecule has 1 N–H and O–H groups in total. The smallest absolute Gasteiger partial charge is 0.415 e. The molecule has 1 saturated heterocycles. The van der Waals surface area contributed by atoms with Gasteiger partial charge in [-0.15, -0.1) is 0 Å². The number of anilines is 1. The summed E-state index contributed by atoms with van der Waals surface area (Å²) in [5.41, 5.74) is 1.83. The number of aryl methyl sites for hydroxylation is 1. The van der Waals surface area contributed by atoms with E-state index in [1.807, 2.05) is 45.8 Å². The number of aromatic nitrogens is 2. The lowest BCUT2D eigenvalue weighted by atomic mass is 10.0. The molecule has 1 aromatic heterocycles. The number of cyclic esters (lactones) is 1. The van der Waals surface area contributed by atoms with Crippen LogP contribution >= 0.6 is 0 Å². The Bertz CT molecular complexity index is 1410. The van der Waals surface area contributed by atoms with Gasteiger partial charge in [-0.2, -0.15) is 5.10 Å². The van der Waals surface area contributed by atoms with Crippen LogP contribution in [0.5, 0.6) is 0 Å². The number of nitrogens with zero attached hydrogens (tertiary/aromatic N) is 4. The van der Waals surface area contributed by atoms with Crippen molar-refractivity contribution < 1.29 is 28.2 Å². The van der Waals surface area contributed by atoms with Crippen molar-refractivity contribution in [3.05, 3.63) is 70.9 Å². The molecule has 1 fully saturated rings. The molecule has 208 valence electrons. The number of aromatic carboxylic acids is 1. The van der Waals surface area contributed by atoms with Crippen molar-refractivity contribution in [1.82, 2.24) is 14.7 Å². The number of benzene rings is 2. The maximum absolute atomic E-state index is 14.7. The predicted molar refractivity (Wildman–Crippen MR) is 144 cm³/mol. The summed E-state index contributed by atoms with van der Waals surface area (Å²) in [7, 11) is 1.92. The van der Waals surface area contributed by atoms with Gasteiger partial charge in [-0.05, 0) is 77.6 Å². The molecular weight excluding hydrogens is 506 g/mol. The van der Waals surface area contributed by atoms with E-state index in [1.165, 1.54) is 29.2 Å². The van der Waals surface area contributed by atoms with Crippen molar-refractivity contribution in [2.24, 2.45) is 0 Å². The summed E-state index contributed by atoms with van der Waals surface area (Å²) in [5, 5.41) is 13.9. The van der Waals surface area contributed by atoms with Crippen LogP contribution in [0.25, 0.3) is 11.3 Å². The Morgan fingerprint density at radius 3 is 2.54 bits per heavy atom. The molecule has 4 rings (SSSR count). The van der Waals surface area contributed by atoms with Crippen LogP contribution in [0.4, 0.5) is 19.3 Å². The molecule has 0 radical (unpaired) electrons. The molecule has 8 nitrogen and oxygen atoms in total. The summed E-state index contributed by atoms with van der Waals surface area (Å²) in [6.45, 7) is 11.0. The van der Waals surface area contributed by atoms with Crippen molar-refractivity contribution in [2.75, 3.05) is 25.0 Å². The van der Waals surface area contributed by atoms with Crippen LogP contribution in [-0.2, 0) is 16.8 Å². The lowest BCUT2D eigenvalue weighted by molar-refractivity contribution is 0.0567. The van der Waals surface area contributed by atoms with Gasteiger partial charge in [0.15, 0.2) is 0 Å². The van der Waals surface area contributed by atoms with Crippen LogP contribution in [0.3, 0.4) is 0 Å². The van der Waals surface area contributed by atoms with Gasteiger partial charge >= 0.3 is 12.1 Å². The standard InChI is InChI=1S/C29H34F2N4O4/c1-18-13-19(26(36)37)7-10-24(18)34-17-29(5,39-27(34)38)11-12-33(6)15-20-16-35(28(2,3)4)32-25(20)22-9-8-21(30)14-23(22)31/h7-10,13-14,16H,11-12,15,17H2,1-6H3,(H,36,37). The third-order valence-electron chi connectivity index (χ3n) is 6.91. The van der Waals surface area contributed by atoms with Crippen molar-refractivity contribution in [3.8, 4) is 11.3 Å². The summed E-state index contributed by atoms with van der Waals surface area (Å²) in [6, 6.07) is 8.12. The number of halogens is 2. The number of ether oxygens (including phenoxy) is 1. The van der Waals surface area contributed by atoms with Gasteiger partial charge in [0, 0.05) is 42.9 Å². The van der Waals surface area contributed by atoms with Crippen LogP contribution < -0.4 is 4.90 Å². The minimum absolute atomic E-state index is 0.155. The Balaban J connectivity index is 1.48. The van der Waals surface area contributed by atoms with Gasteiger partial charge in [-0.1, -0.05) is 0 Å². The van der Waals surface area contributed by atoms with Gasteiger partial charge in [-0.3, -0.25) is 9.58 Å². The number of carboxylic acids is 1. The fraction of sp³-hybridized carbons (Fsp3) is 0.414. The van der Waals surface area contributed by atoms with Gasteiger partial charge in [0.05, 0.1) is 29.0 Å². The minimum atomic E-state index is -1.03. The molecule has 10 heteroatoms. The van der Waals surface area contributed by atoms with Crippen molar-refractivity contribution >= 4 is 17.7 Å². The molecule has 0 spiro atoms. The minimum Gasteiger partial charge on any atom is -0.478 e. The van der Waals surface area contributed by atoms with Crippen LogP contribution in [0.2, 0.25) is 0 Å². The summed E-state index contributed by atoms with van der Waals surface area (Å²) in [6.07, 6.45) is 1.94. The molecule has 0 bridgehead atoms. The highest BCUT2D eigenvalue weighted by Gasteiger charge is 2.42. The number of amides is 1. The van der Waals surface area contributed by atoms with E-state index in [4.69, 9.17) is 4.74 Å². The van der Waals surface area contributed by atoms with Crippen molar-refractivity contribution in [2.45, 2.75) is 58.7 Å². The molecule has 2 aromatic carbocycles. The molecule has 39 heavy (non-hydrogen) atoms. The van der Waals surface area contributed by atoms with E-state index in [0.717, 1.165) is 11.6 Å². The topological polar surface area (TPSA) is 87.9 Å². The Kier molecular flexibility index (Phi) is 7.53. The van der Waals surface area contributed by atoms with Crippen LogP contribution in [0.1, 0.15) is 55.6 Å². The molecule has 1 aliphatic rings. The fourth-order valence-electron chi connectivity index (χ4n) is 4.68. The van der Waals surface area contributed by atoms with Crippen molar-refractivity contribution in [3.63, 3.8) is 0 Å². The zero-order valence-electron chi connectivity index (χ0n) is 23.1. The largest absolute Gasteiger partial charge is 0.478 e. The van der Waals surface area contributed by atoms with Crippen LogP contribution in [0.15, 0.2) is 42.6 Å². The molecule has 1 unspecified atom stereocenters. The number of hydrogen-bond donors (Lipinski definition) is 1. The second kappa shape index (κ2) is 10.4. The summed E-state index contributed by atoms with van der Waals surface area (Å²) in [4.78, 5) is 27.6. The first kappa shape index (κ1) is 28.2. The molecule has 2 heterocycles. The van der Waals surface area contributed by atoms with Gasteiger partial charge < -0.3 is 14.7 Å².